The van der Waals surface area contributed by atoms with Crippen molar-refractivity contribution in [2.75, 3.05) is 10.6 Å². The molecule has 2 nitrogen and oxygen atoms in total. The molecule has 2 N–H and O–H groups in total. The molecule has 5 heteroatoms. The second kappa shape index (κ2) is 6.37. The number of rotatable bonds is 2. The molecule has 0 amide bonds. The Hall–Kier alpha value is -1.10. The molecule has 0 fully saturated rings. The van der Waals surface area contributed by atoms with Gasteiger partial charge in [0.2, 0.25) is 0 Å². The topological polar surface area (TPSA) is 24.1 Å². The predicted molar refractivity (Wildman–Crippen MR) is 90.2 cm³/mol. The molecule has 19 heavy (non-hydrogen) atoms. The number of benzene rings is 2. The lowest BCUT2D eigenvalue weighted by molar-refractivity contribution is 1.44. The lowest BCUT2D eigenvalue weighted by Crippen LogP contribution is -2.19. The van der Waals surface area contributed by atoms with Crippen LogP contribution in [0.25, 0.3) is 0 Å². The fraction of sp³-hybridized carbons (Fsp3) is 0.0714. The molecule has 0 aromatic heterocycles. The molecule has 98 valence electrons. The summed E-state index contributed by atoms with van der Waals surface area (Å²) in [6.07, 6.45) is 0. The van der Waals surface area contributed by atoms with Crippen LogP contribution < -0.4 is 10.6 Å². The van der Waals surface area contributed by atoms with Gasteiger partial charge < -0.3 is 10.6 Å². The first-order valence-electron chi connectivity index (χ1n) is 5.64. The molecule has 0 heterocycles. The SMILES string of the molecule is Cc1cc(Br)ccc1NC(=S)Nc1ccc(Cl)cc1. The van der Waals surface area contributed by atoms with Gasteiger partial charge in [0.25, 0.3) is 0 Å². The molecule has 0 radical (unpaired) electrons. The van der Waals surface area contributed by atoms with Crippen LogP contribution in [0, 0.1) is 6.92 Å². The van der Waals surface area contributed by atoms with Crippen molar-refractivity contribution in [3.63, 3.8) is 0 Å². The van der Waals surface area contributed by atoms with E-state index in [1.54, 1.807) is 0 Å². The zero-order chi connectivity index (χ0) is 13.8. The third-order valence-electron chi connectivity index (χ3n) is 2.54. The summed E-state index contributed by atoms with van der Waals surface area (Å²) in [4.78, 5) is 0. The van der Waals surface area contributed by atoms with Crippen molar-refractivity contribution in [2.24, 2.45) is 0 Å². The highest BCUT2D eigenvalue weighted by Gasteiger charge is 2.02. The first-order valence-corrected chi connectivity index (χ1v) is 7.22. The number of hydrogen-bond acceptors (Lipinski definition) is 1. The van der Waals surface area contributed by atoms with Crippen LogP contribution in [0.4, 0.5) is 11.4 Å². The number of halogens is 2. The molecule has 2 aromatic rings. The summed E-state index contributed by atoms with van der Waals surface area (Å²) < 4.78 is 1.05. The lowest BCUT2D eigenvalue weighted by atomic mass is 10.2. The molecule has 0 saturated heterocycles. The maximum Gasteiger partial charge on any atom is 0.175 e. The van der Waals surface area contributed by atoms with Gasteiger partial charge in [-0.3, -0.25) is 0 Å². The first kappa shape index (κ1) is 14.3. The summed E-state index contributed by atoms with van der Waals surface area (Å²) in [5.41, 5.74) is 3.00. The molecule has 0 aliphatic heterocycles. The molecule has 2 rings (SSSR count). The fourth-order valence-electron chi connectivity index (χ4n) is 1.59. The molecular formula is C14H12BrClN2S. The van der Waals surface area contributed by atoms with Gasteiger partial charge in [-0.1, -0.05) is 27.5 Å². The van der Waals surface area contributed by atoms with E-state index in [-0.39, 0.29) is 0 Å². The Morgan fingerprint density at radius 3 is 2.42 bits per heavy atom. The number of thiocarbonyl (C=S) groups is 1. The van der Waals surface area contributed by atoms with Crippen molar-refractivity contribution in [3.05, 3.63) is 57.5 Å². The number of aryl methyl sites for hydroxylation is 1. The molecule has 0 saturated carbocycles. The highest BCUT2D eigenvalue weighted by atomic mass is 79.9. The van der Waals surface area contributed by atoms with Crippen molar-refractivity contribution in [2.45, 2.75) is 6.92 Å². The fourth-order valence-corrected chi connectivity index (χ4v) is 2.41. The van der Waals surface area contributed by atoms with Crippen molar-refractivity contribution in [1.82, 2.24) is 0 Å². The summed E-state index contributed by atoms with van der Waals surface area (Å²) in [6, 6.07) is 13.4. The Morgan fingerprint density at radius 1 is 1.11 bits per heavy atom. The van der Waals surface area contributed by atoms with E-state index in [1.165, 1.54) is 0 Å². The van der Waals surface area contributed by atoms with Crippen LogP contribution in [0.3, 0.4) is 0 Å². The Bertz CT molecular complexity index is 599. The Balaban J connectivity index is 2.03. The zero-order valence-corrected chi connectivity index (χ0v) is 13.4. The average Bonchev–Trinajstić information content (AvgIpc) is 2.36. The van der Waals surface area contributed by atoms with Crippen LogP contribution in [0.1, 0.15) is 5.56 Å². The minimum atomic E-state index is 0.549. The average molecular weight is 356 g/mol. The van der Waals surface area contributed by atoms with E-state index in [9.17, 15) is 0 Å². The molecule has 2 aromatic carbocycles. The summed E-state index contributed by atoms with van der Waals surface area (Å²) in [6.45, 7) is 2.03. The second-order valence-electron chi connectivity index (χ2n) is 4.05. The third-order valence-corrected chi connectivity index (χ3v) is 3.49. The maximum atomic E-state index is 5.83. The van der Waals surface area contributed by atoms with Crippen LogP contribution in [0.5, 0.6) is 0 Å². The van der Waals surface area contributed by atoms with E-state index in [1.807, 2.05) is 49.4 Å². The van der Waals surface area contributed by atoms with E-state index >= 15 is 0 Å². The summed E-state index contributed by atoms with van der Waals surface area (Å²) in [5.74, 6) is 0. The highest BCUT2D eigenvalue weighted by molar-refractivity contribution is 9.10. The van der Waals surface area contributed by atoms with Crippen LogP contribution in [-0.2, 0) is 0 Å². The molecule has 0 bridgehead atoms. The minimum Gasteiger partial charge on any atom is -0.332 e. The van der Waals surface area contributed by atoms with Crippen LogP contribution in [0.15, 0.2) is 46.9 Å². The Labute approximate surface area is 131 Å². The van der Waals surface area contributed by atoms with E-state index in [4.69, 9.17) is 23.8 Å². The Kier molecular flexibility index (Phi) is 4.80. The van der Waals surface area contributed by atoms with Gasteiger partial charge >= 0.3 is 0 Å². The van der Waals surface area contributed by atoms with Crippen LogP contribution in [0.2, 0.25) is 5.02 Å². The molecule has 0 unspecified atom stereocenters. The van der Waals surface area contributed by atoms with Gasteiger partial charge in [0.1, 0.15) is 0 Å². The Morgan fingerprint density at radius 2 is 1.79 bits per heavy atom. The van der Waals surface area contributed by atoms with E-state index in [0.29, 0.717) is 10.1 Å². The van der Waals surface area contributed by atoms with E-state index in [2.05, 4.69) is 26.6 Å². The van der Waals surface area contributed by atoms with Crippen molar-refractivity contribution >= 4 is 56.2 Å². The van der Waals surface area contributed by atoms with Gasteiger partial charge in [-0.15, -0.1) is 0 Å². The van der Waals surface area contributed by atoms with Crippen LogP contribution in [-0.4, -0.2) is 5.11 Å². The van der Waals surface area contributed by atoms with Gasteiger partial charge in [0.05, 0.1) is 0 Å². The lowest BCUT2D eigenvalue weighted by Gasteiger charge is -2.12. The molecule has 0 spiro atoms. The largest absolute Gasteiger partial charge is 0.332 e. The third kappa shape index (κ3) is 4.20. The number of anilines is 2. The smallest absolute Gasteiger partial charge is 0.175 e. The van der Waals surface area contributed by atoms with Gasteiger partial charge in [-0.05, 0) is 67.2 Å². The quantitative estimate of drug-likeness (QED) is 0.722. The van der Waals surface area contributed by atoms with Crippen molar-refractivity contribution in [3.8, 4) is 0 Å². The number of hydrogen-bond donors (Lipinski definition) is 2. The minimum absolute atomic E-state index is 0.549. The molecule has 0 atom stereocenters. The maximum absolute atomic E-state index is 5.83. The van der Waals surface area contributed by atoms with Gasteiger partial charge in [-0.25, -0.2) is 0 Å². The summed E-state index contributed by atoms with van der Waals surface area (Å²) in [5, 5.41) is 7.53. The van der Waals surface area contributed by atoms with Gasteiger partial charge in [0, 0.05) is 20.9 Å². The standard InChI is InChI=1S/C14H12BrClN2S/c1-9-8-10(15)2-7-13(9)18-14(19)17-12-5-3-11(16)4-6-12/h2-8H,1H3,(H2,17,18,19). The monoisotopic (exact) mass is 354 g/mol. The molecular weight excluding hydrogens is 344 g/mol. The van der Waals surface area contributed by atoms with E-state index < -0.39 is 0 Å². The molecule has 0 aliphatic rings. The normalized spacial score (nSPS) is 10.1. The van der Waals surface area contributed by atoms with E-state index in [0.717, 1.165) is 21.4 Å². The summed E-state index contributed by atoms with van der Waals surface area (Å²) in [7, 11) is 0. The van der Waals surface area contributed by atoms with Crippen molar-refractivity contribution in [1.29, 1.82) is 0 Å². The van der Waals surface area contributed by atoms with Crippen LogP contribution >= 0.6 is 39.7 Å². The second-order valence-corrected chi connectivity index (χ2v) is 5.81. The summed E-state index contributed by atoms with van der Waals surface area (Å²) >= 11 is 14.5. The number of nitrogens with one attached hydrogen (secondary N) is 2. The first-order chi connectivity index (χ1) is 9.04. The van der Waals surface area contributed by atoms with Gasteiger partial charge in [-0.2, -0.15) is 0 Å². The zero-order valence-electron chi connectivity index (χ0n) is 10.2. The van der Waals surface area contributed by atoms with Gasteiger partial charge in [0.15, 0.2) is 5.11 Å². The van der Waals surface area contributed by atoms with Crippen molar-refractivity contribution < 1.29 is 0 Å². The molecule has 0 aliphatic carbocycles. The highest BCUT2D eigenvalue weighted by Crippen LogP contribution is 2.20. The predicted octanol–water partition coefficient (Wildman–Crippen LogP) is 5.22.